The van der Waals surface area contributed by atoms with Gasteiger partial charge in [-0.2, -0.15) is 0 Å². The van der Waals surface area contributed by atoms with E-state index in [-0.39, 0.29) is 0 Å². The van der Waals surface area contributed by atoms with Crippen LogP contribution in [-0.4, -0.2) is 15.6 Å². The molecule has 1 saturated carbocycles. The number of aromatic nitrogens is 2. The predicted octanol–water partition coefficient (Wildman–Crippen LogP) is 2.53. The van der Waals surface area contributed by atoms with Crippen molar-refractivity contribution in [2.24, 2.45) is 0 Å². The molecule has 4 nitrogen and oxygen atoms in total. The predicted molar refractivity (Wildman–Crippen MR) is 59.8 cm³/mol. The number of furan rings is 1. The van der Waals surface area contributed by atoms with Gasteiger partial charge in [-0.1, -0.05) is 6.42 Å². The normalized spacial score (nSPS) is 26.5. The average Bonchev–Trinajstić information content (AvgIpc) is 2.97. The highest BCUT2D eigenvalue weighted by Crippen LogP contribution is 2.41. The van der Waals surface area contributed by atoms with Crippen molar-refractivity contribution in [2.75, 3.05) is 5.32 Å². The van der Waals surface area contributed by atoms with E-state index in [0.717, 1.165) is 11.4 Å². The van der Waals surface area contributed by atoms with Crippen molar-refractivity contribution in [3.8, 4) is 5.69 Å². The smallest absolute Gasteiger partial charge is 0.117 e. The van der Waals surface area contributed by atoms with Crippen LogP contribution in [0.25, 0.3) is 5.69 Å². The Balaban J connectivity index is 1.97. The van der Waals surface area contributed by atoms with Gasteiger partial charge in [-0.25, -0.2) is 4.98 Å². The molecule has 2 unspecified atom stereocenters. The monoisotopic (exact) mass is 215 g/mol. The minimum absolute atomic E-state index is 0.536. The van der Waals surface area contributed by atoms with E-state index in [1.807, 2.05) is 12.5 Å². The van der Waals surface area contributed by atoms with Crippen LogP contribution in [0, 0.1) is 0 Å². The third-order valence-corrected chi connectivity index (χ3v) is 3.80. The van der Waals surface area contributed by atoms with Crippen molar-refractivity contribution in [1.82, 2.24) is 9.55 Å². The minimum Gasteiger partial charge on any atom is -0.468 e. The maximum absolute atomic E-state index is 5.29. The van der Waals surface area contributed by atoms with Gasteiger partial charge >= 0.3 is 0 Å². The zero-order valence-electron chi connectivity index (χ0n) is 8.89. The fraction of sp³-hybridized carbons (Fsp3) is 0.417. The summed E-state index contributed by atoms with van der Waals surface area (Å²) in [5, 5.41) is 3.59. The number of rotatable bonds is 0. The minimum atomic E-state index is 0.536. The molecule has 2 aliphatic rings. The molecule has 0 saturated heterocycles. The molecule has 0 bridgehead atoms. The molecule has 0 aromatic carbocycles. The lowest BCUT2D eigenvalue weighted by atomic mass is 10.0. The molecular formula is C12H13N3O. The molecular weight excluding hydrogens is 202 g/mol. The summed E-state index contributed by atoms with van der Waals surface area (Å²) >= 11 is 0. The first kappa shape index (κ1) is 8.44. The number of nitrogens with one attached hydrogen (secondary N) is 1. The Morgan fingerprint density at radius 3 is 3.38 bits per heavy atom. The van der Waals surface area contributed by atoms with Crippen LogP contribution in [0.4, 0.5) is 5.69 Å². The second kappa shape index (κ2) is 2.90. The Labute approximate surface area is 93.3 Å². The fourth-order valence-corrected chi connectivity index (χ4v) is 3.05. The lowest BCUT2D eigenvalue weighted by molar-refractivity contribution is 0.559. The van der Waals surface area contributed by atoms with Crippen LogP contribution >= 0.6 is 0 Å². The summed E-state index contributed by atoms with van der Waals surface area (Å²) in [6.45, 7) is 0. The largest absolute Gasteiger partial charge is 0.468 e. The van der Waals surface area contributed by atoms with E-state index in [1.54, 1.807) is 12.5 Å². The zero-order valence-corrected chi connectivity index (χ0v) is 8.89. The van der Waals surface area contributed by atoms with E-state index < -0.39 is 0 Å². The summed E-state index contributed by atoms with van der Waals surface area (Å²) < 4.78 is 7.44. The van der Waals surface area contributed by atoms with E-state index in [0.29, 0.717) is 12.0 Å². The van der Waals surface area contributed by atoms with E-state index in [4.69, 9.17) is 4.42 Å². The van der Waals surface area contributed by atoms with E-state index >= 15 is 0 Å². The molecule has 82 valence electrons. The maximum atomic E-state index is 5.29. The Morgan fingerprint density at radius 1 is 1.38 bits per heavy atom. The quantitative estimate of drug-likeness (QED) is 0.734. The van der Waals surface area contributed by atoms with Crippen LogP contribution in [0.5, 0.6) is 0 Å². The van der Waals surface area contributed by atoms with Gasteiger partial charge in [0.25, 0.3) is 0 Å². The fourth-order valence-electron chi connectivity index (χ4n) is 3.05. The number of anilines is 1. The summed E-state index contributed by atoms with van der Waals surface area (Å²) in [6.07, 6.45) is 11.2. The Kier molecular flexibility index (Phi) is 1.53. The summed E-state index contributed by atoms with van der Waals surface area (Å²) in [7, 11) is 0. The molecule has 4 rings (SSSR count). The lowest BCUT2D eigenvalue weighted by Crippen LogP contribution is -2.21. The van der Waals surface area contributed by atoms with Crippen LogP contribution in [0.2, 0.25) is 0 Å². The summed E-state index contributed by atoms with van der Waals surface area (Å²) in [6, 6.07) is 0.536. The van der Waals surface area contributed by atoms with Crippen molar-refractivity contribution >= 4 is 5.69 Å². The van der Waals surface area contributed by atoms with Gasteiger partial charge in [0.2, 0.25) is 0 Å². The molecule has 2 aromatic rings. The van der Waals surface area contributed by atoms with Crippen LogP contribution in [-0.2, 0) is 0 Å². The molecule has 1 fully saturated rings. The molecule has 3 heterocycles. The summed E-state index contributed by atoms with van der Waals surface area (Å²) in [5.74, 6) is 0.592. The van der Waals surface area contributed by atoms with E-state index in [2.05, 4.69) is 14.9 Å². The van der Waals surface area contributed by atoms with Gasteiger partial charge in [-0.05, 0) is 12.8 Å². The van der Waals surface area contributed by atoms with Gasteiger partial charge in [0, 0.05) is 23.9 Å². The zero-order chi connectivity index (χ0) is 10.5. The van der Waals surface area contributed by atoms with Crippen LogP contribution in [0.15, 0.2) is 29.5 Å². The average molecular weight is 215 g/mol. The molecule has 0 amide bonds. The first-order valence-corrected chi connectivity index (χ1v) is 5.79. The Bertz CT molecular complexity index is 528. The highest BCUT2D eigenvalue weighted by molar-refractivity contribution is 5.61. The van der Waals surface area contributed by atoms with Crippen LogP contribution in [0.1, 0.15) is 30.9 Å². The molecule has 16 heavy (non-hydrogen) atoms. The third kappa shape index (κ3) is 0.965. The van der Waals surface area contributed by atoms with Gasteiger partial charge in [-0.15, -0.1) is 0 Å². The number of imidazole rings is 1. The van der Waals surface area contributed by atoms with Crippen molar-refractivity contribution in [3.63, 3.8) is 0 Å². The van der Waals surface area contributed by atoms with Gasteiger partial charge in [-0.3, -0.25) is 4.57 Å². The van der Waals surface area contributed by atoms with E-state index in [9.17, 15) is 0 Å². The third-order valence-electron chi connectivity index (χ3n) is 3.80. The van der Waals surface area contributed by atoms with Gasteiger partial charge in [0.15, 0.2) is 0 Å². The second-order valence-corrected chi connectivity index (χ2v) is 4.65. The van der Waals surface area contributed by atoms with Crippen LogP contribution < -0.4 is 5.32 Å². The second-order valence-electron chi connectivity index (χ2n) is 4.65. The van der Waals surface area contributed by atoms with Crippen molar-refractivity contribution in [1.29, 1.82) is 0 Å². The summed E-state index contributed by atoms with van der Waals surface area (Å²) in [5.41, 5.74) is 3.49. The molecule has 1 aliphatic heterocycles. The SMILES string of the molecule is c1occ2c1NC1CCCC1c1cncn1-2. The standard InChI is InChI=1S/C12H13N3O/c1-2-8-9(3-1)14-10-5-16-6-12(10)15-7-13-4-11(8)15/h4-9,14H,1-3H2. The highest BCUT2D eigenvalue weighted by Gasteiger charge is 2.34. The molecule has 1 N–H and O–H groups in total. The van der Waals surface area contributed by atoms with Crippen molar-refractivity contribution < 1.29 is 4.42 Å². The lowest BCUT2D eigenvalue weighted by Gasteiger charge is -2.17. The van der Waals surface area contributed by atoms with Gasteiger partial charge < -0.3 is 9.73 Å². The Hall–Kier alpha value is -1.71. The number of nitrogens with zero attached hydrogens (tertiary/aromatic N) is 2. The number of fused-ring (bicyclic) bond motifs is 5. The van der Waals surface area contributed by atoms with Crippen LogP contribution in [0.3, 0.4) is 0 Å². The first-order valence-electron chi connectivity index (χ1n) is 5.79. The van der Waals surface area contributed by atoms with Crippen molar-refractivity contribution in [3.05, 3.63) is 30.7 Å². The Morgan fingerprint density at radius 2 is 2.38 bits per heavy atom. The number of hydrogen-bond acceptors (Lipinski definition) is 3. The van der Waals surface area contributed by atoms with Crippen molar-refractivity contribution in [2.45, 2.75) is 31.2 Å². The summed E-state index contributed by atoms with van der Waals surface area (Å²) in [4.78, 5) is 4.28. The van der Waals surface area contributed by atoms with E-state index in [1.165, 1.54) is 25.0 Å². The highest BCUT2D eigenvalue weighted by atomic mass is 16.3. The topological polar surface area (TPSA) is 43.0 Å². The maximum Gasteiger partial charge on any atom is 0.117 e. The molecule has 0 radical (unpaired) electrons. The molecule has 0 spiro atoms. The molecule has 1 aliphatic carbocycles. The van der Waals surface area contributed by atoms with Gasteiger partial charge in [0.05, 0.1) is 12.0 Å². The molecule has 2 aromatic heterocycles. The molecule has 4 heteroatoms. The molecule has 2 atom stereocenters. The first-order chi connectivity index (χ1) is 7.93. The van der Waals surface area contributed by atoms with Gasteiger partial charge in [0.1, 0.15) is 18.2 Å². The number of hydrogen-bond donors (Lipinski definition) is 1.